The van der Waals surface area contributed by atoms with Crippen LogP contribution < -0.4 is 0 Å². The Morgan fingerprint density at radius 1 is 1.29 bits per heavy atom. The van der Waals surface area contributed by atoms with Crippen molar-refractivity contribution >= 4 is 12.0 Å². The third-order valence-electron chi connectivity index (χ3n) is 2.84. The van der Waals surface area contributed by atoms with E-state index in [-0.39, 0.29) is 17.8 Å². The Balaban J connectivity index is 2.57. The molecule has 0 bridgehead atoms. The van der Waals surface area contributed by atoms with Crippen molar-refractivity contribution in [2.75, 3.05) is 6.61 Å². The molecule has 92 valence electrons. The van der Waals surface area contributed by atoms with Gasteiger partial charge in [0.05, 0.1) is 12.5 Å². The molecular formula is C15H20O2. The molecule has 1 aromatic rings. The van der Waals surface area contributed by atoms with Crippen LogP contribution in [0.3, 0.4) is 0 Å². The number of benzene rings is 1. The van der Waals surface area contributed by atoms with Crippen molar-refractivity contribution in [1.29, 1.82) is 0 Å². The van der Waals surface area contributed by atoms with Crippen LogP contribution in [0.15, 0.2) is 36.4 Å². The molecule has 1 aromatic carbocycles. The lowest BCUT2D eigenvalue weighted by Gasteiger charge is -2.14. The van der Waals surface area contributed by atoms with Gasteiger partial charge in [0.25, 0.3) is 0 Å². The van der Waals surface area contributed by atoms with Crippen LogP contribution in [0.1, 0.15) is 26.3 Å². The zero-order valence-corrected chi connectivity index (χ0v) is 10.7. The van der Waals surface area contributed by atoms with Gasteiger partial charge < -0.3 is 4.74 Å². The zero-order valence-electron chi connectivity index (χ0n) is 10.7. The van der Waals surface area contributed by atoms with Gasteiger partial charge in [0.1, 0.15) is 0 Å². The lowest BCUT2D eigenvalue weighted by Crippen LogP contribution is -2.20. The van der Waals surface area contributed by atoms with Gasteiger partial charge in [0, 0.05) is 0 Å². The van der Waals surface area contributed by atoms with Gasteiger partial charge in [0.2, 0.25) is 0 Å². The fraction of sp³-hybridized carbons (Fsp3) is 0.400. The summed E-state index contributed by atoms with van der Waals surface area (Å²) in [5.74, 6) is -0.0538. The summed E-state index contributed by atoms with van der Waals surface area (Å²) < 4.78 is 5.00. The molecule has 0 fully saturated rings. The first-order valence-corrected chi connectivity index (χ1v) is 6.05. The number of allylic oxidation sites excluding steroid dienone is 1. The highest BCUT2D eigenvalue weighted by molar-refractivity contribution is 5.72. The molecular weight excluding hydrogens is 212 g/mol. The van der Waals surface area contributed by atoms with Crippen molar-refractivity contribution in [3.63, 3.8) is 0 Å². The van der Waals surface area contributed by atoms with Crippen LogP contribution >= 0.6 is 0 Å². The molecule has 0 unspecified atom stereocenters. The lowest BCUT2D eigenvalue weighted by molar-refractivity contribution is -0.148. The van der Waals surface area contributed by atoms with E-state index in [1.54, 1.807) is 0 Å². The van der Waals surface area contributed by atoms with E-state index < -0.39 is 0 Å². The lowest BCUT2D eigenvalue weighted by atomic mass is 9.95. The molecule has 2 heteroatoms. The number of carbonyl (C=O) groups is 1. The minimum Gasteiger partial charge on any atom is -0.466 e. The molecule has 2 atom stereocenters. The number of rotatable bonds is 5. The maximum Gasteiger partial charge on any atom is 0.309 e. The first-order chi connectivity index (χ1) is 8.15. The maximum atomic E-state index is 11.5. The van der Waals surface area contributed by atoms with Crippen molar-refractivity contribution in [3.05, 3.63) is 42.0 Å². The second-order valence-electron chi connectivity index (χ2n) is 4.17. The molecule has 0 aliphatic heterocycles. The molecule has 0 aliphatic carbocycles. The SMILES string of the molecule is CCOC(=O)[C@H](C)[C@@H](C)/C=C/c1ccccc1. The summed E-state index contributed by atoms with van der Waals surface area (Å²) >= 11 is 0. The third-order valence-corrected chi connectivity index (χ3v) is 2.84. The Labute approximate surface area is 103 Å². The number of ether oxygens (including phenoxy) is 1. The van der Waals surface area contributed by atoms with Gasteiger partial charge in [-0.2, -0.15) is 0 Å². The molecule has 0 saturated carbocycles. The van der Waals surface area contributed by atoms with Crippen LogP contribution in [0.5, 0.6) is 0 Å². The quantitative estimate of drug-likeness (QED) is 0.726. The fourth-order valence-corrected chi connectivity index (χ4v) is 1.48. The summed E-state index contributed by atoms with van der Waals surface area (Å²) in [6.45, 7) is 6.20. The molecule has 17 heavy (non-hydrogen) atoms. The average molecular weight is 232 g/mol. The minimum atomic E-state index is -0.127. The summed E-state index contributed by atoms with van der Waals surface area (Å²) in [6.07, 6.45) is 4.09. The van der Waals surface area contributed by atoms with E-state index in [2.05, 4.69) is 6.08 Å². The molecule has 0 spiro atoms. The average Bonchev–Trinajstić information content (AvgIpc) is 2.36. The summed E-state index contributed by atoms with van der Waals surface area (Å²) in [6, 6.07) is 10.1. The molecule has 0 amide bonds. The Hall–Kier alpha value is -1.57. The predicted molar refractivity (Wildman–Crippen MR) is 70.4 cm³/mol. The van der Waals surface area contributed by atoms with Crippen LogP contribution in [0, 0.1) is 11.8 Å². The van der Waals surface area contributed by atoms with Gasteiger partial charge in [0.15, 0.2) is 0 Å². The molecule has 0 N–H and O–H groups in total. The van der Waals surface area contributed by atoms with Gasteiger partial charge in [-0.1, -0.05) is 56.3 Å². The van der Waals surface area contributed by atoms with Crippen LogP contribution in [0.25, 0.3) is 6.08 Å². The van der Waals surface area contributed by atoms with Crippen molar-refractivity contribution in [1.82, 2.24) is 0 Å². The van der Waals surface area contributed by atoms with E-state index in [0.717, 1.165) is 5.56 Å². The largest absolute Gasteiger partial charge is 0.466 e. The van der Waals surface area contributed by atoms with Gasteiger partial charge in [-0.05, 0) is 18.4 Å². The highest BCUT2D eigenvalue weighted by Gasteiger charge is 2.18. The summed E-state index contributed by atoms with van der Waals surface area (Å²) in [4.78, 5) is 11.5. The van der Waals surface area contributed by atoms with Gasteiger partial charge in [-0.15, -0.1) is 0 Å². The zero-order chi connectivity index (χ0) is 12.7. The highest BCUT2D eigenvalue weighted by Crippen LogP contribution is 2.16. The monoisotopic (exact) mass is 232 g/mol. The maximum absolute atomic E-state index is 11.5. The van der Waals surface area contributed by atoms with Crippen LogP contribution in [0.4, 0.5) is 0 Å². The minimum absolute atomic E-state index is 0.102. The predicted octanol–water partition coefficient (Wildman–Crippen LogP) is 3.54. The molecule has 2 nitrogen and oxygen atoms in total. The topological polar surface area (TPSA) is 26.3 Å². The van der Waals surface area contributed by atoms with Gasteiger partial charge in [-0.3, -0.25) is 4.79 Å². The second kappa shape index (κ2) is 6.89. The normalized spacial score (nSPS) is 14.5. The Morgan fingerprint density at radius 2 is 1.94 bits per heavy atom. The molecule has 0 saturated heterocycles. The third kappa shape index (κ3) is 4.43. The summed E-state index contributed by atoms with van der Waals surface area (Å²) in [5.41, 5.74) is 1.15. The smallest absolute Gasteiger partial charge is 0.309 e. The Morgan fingerprint density at radius 3 is 2.53 bits per heavy atom. The van der Waals surface area contributed by atoms with E-state index in [0.29, 0.717) is 6.61 Å². The van der Waals surface area contributed by atoms with Crippen molar-refractivity contribution in [2.24, 2.45) is 11.8 Å². The molecule has 1 rings (SSSR count). The van der Waals surface area contributed by atoms with E-state index in [9.17, 15) is 4.79 Å². The number of hydrogen-bond donors (Lipinski definition) is 0. The Bertz CT molecular complexity index is 368. The molecule has 0 aromatic heterocycles. The summed E-state index contributed by atoms with van der Waals surface area (Å²) in [7, 11) is 0. The molecule has 0 aliphatic rings. The van der Waals surface area contributed by atoms with Crippen molar-refractivity contribution < 1.29 is 9.53 Å². The summed E-state index contributed by atoms with van der Waals surface area (Å²) in [5, 5.41) is 0. The van der Waals surface area contributed by atoms with E-state index in [4.69, 9.17) is 4.74 Å². The first-order valence-electron chi connectivity index (χ1n) is 6.05. The van der Waals surface area contributed by atoms with Crippen LogP contribution in [0.2, 0.25) is 0 Å². The standard InChI is InChI=1S/C15H20O2/c1-4-17-15(16)13(3)12(2)10-11-14-8-6-5-7-9-14/h5-13H,4H2,1-3H3/b11-10+/t12-,13+/m0/s1. The van der Waals surface area contributed by atoms with Gasteiger partial charge >= 0.3 is 5.97 Å². The second-order valence-corrected chi connectivity index (χ2v) is 4.17. The van der Waals surface area contributed by atoms with Crippen LogP contribution in [-0.4, -0.2) is 12.6 Å². The van der Waals surface area contributed by atoms with Gasteiger partial charge in [-0.25, -0.2) is 0 Å². The van der Waals surface area contributed by atoms with E-state index in [1.807, 2.05) is 57.2 Å². The van der Waals surface area contributed by atoms with Crippen molar-refractivity contribution in [3.8, 4) is 0 Å². The molecule has 0 heterocycles. The Kier molecular flexibility index (Phi) is 5.47. The highest BCUT2D eigenvalue weighted by atomic mass is 16.5. The number of carbonyl (C=O) groups excluding carboxylic acids is 1. The van der Waals surface area contributed by atoms with Crippen molar-refractivity contribution in [2.45, 2.75) is 20.8 Å². The number of esters is 1. The fourth-order valence-electron chi connectivity index (χ4n) is 1.48. The van der Waals surface area contributed by atoms with Crippen LogP contribution in [-0.2, 0) is 9.53 Å². The van der Waals surface area contributed by atoms with E-state index in [1.165, 1.54) is 0 Å². The first kappa shape index (κ1) is 13.5. The van der Waals surface area contributed by atoms with E-state index >= 15 is 0 Å². The number of hydrogen-bond acceptors (Lipinski definition) is 2. The molecule has 0 radical (unpaired) electrons.